The Balaban J connectivity index is 1.54. The molecule has 2 saturated heterocycles. The van der Waals surface area contributed by atoms with Gasteiger partial charge in [-0.15, -0.1) is 0 Å². The van der Waals surface area contributed by atoms with E-state index in [1.165, 1.54) is 25.0 Å². The molecule has 1 aromatic rings. The van der Waals surface area contributed by atoms with Gasteiger partial charge in [-0.25, -0.2) is 0 Å². The van der Waals surface area contributed by atoms with Gasteiger partial charge in [0.05, 0.1) is 23.1 Å². The number of hydrogen-bond donors (Lipinski definition) is 0. The molecule has 0 bridgehead atoms. The molecular formula is C26H33F3N4O2. The Morgan fingerprint density at radius 1 is 1.17 bits per heavy atom. The van der Waals surface area contributed by atoms with Crippen LogP contribution in [-0.2, 0) is 15.8 Å². The van der Waals surface area contributed by atoms with E-state index in [1.807, 2.05) is 9.80 Å². The third-order valence-electron chi connectivity index (χ3n) is 8.23. The summed E-state index contributed by atoms with van der Waals surface area (Å²) in [6.07, 6.45) is 1.85. The first-order valence-corrected chi connectivity index (χ1v) is 12.4. The number of carbonyl (C=O) groups excluding carboxylic acids is 2. The molecule has 35 heavy (non-hydrogen) atoms. The molecule has 1 spiro atoms. The molecule has 1 unspecified atom stereocenters. The summed E-state index contributed by atoms with van der Waals surface area (Å²) in [5.74, 6) is 0.249. The average Bonchev–Trinajstić information content (AvgIpc) is 3.46. The van der Waals surface area contributed by atoms with E-state index in [4.69, 9.17) is 5.26 Å². The topological polar surface area (TPSA) is 67.7 Å². The fourth-order valence-corrected chi connectivity index (χ4v) is 6.18. The summed E-state index contributed by atoms with van der Waals surface area (Å²) in [5.41, 5.74) is -1.41. The Hall–Kier alpha value is -2.76. The molecular weight excluding hydrogens is 457 g/mol. The van der Waals surface area contributed by atoms with Crippen molar-refractivity contribution in [3.8, 4) is 6.07 Å². The molecule has 0 aromatic heterocycles. The number of nitriles is 1. The lowest BCUT2D eigenvalue weighted by Gasteiger charge is -2.42. The minimum absolute atomic E-state index is 0.0390. The van der Waals surface area contributed by atoms with Crippen LogP contribution in [0.2, 0.25) is 0 Å². The number of nitrogens with zero attached hydrogens (tertiary/aromatic N) is 4. The van der Waals surface area contributed by atoms with Crippen LogP contribution in [-0.4, -0.2) is 61.9 Å². The van der Waals surface area contributed by atoms with Gasteiger partial charge in [-0.05, 0) is 49.8 Å². The lowest BCUT2D eigenvalue weighted by Crippen LogP contribution is -2.49. The van der Waals surface area contributed by atoms with E-state index in [0.717, 1.165) is 18.9 Å². The van der Waals surface area contributed by atoms with Gasteiger partial charge in [0.2, 0.25) is 11.8 Å². The molecule has 1 saturated carbocycles. The van der Waals surface area contributed by atoms with E-state index in [-0.39, 0.29) is 17.7 Å². The molecule has 2 heterocycles. The van der Waals surface area contributed by atoms with Crippen molar-refractivity contribution in [1.82, 2.24) is 9.80 Å². The minimum Gasteiger partial charge on any atom is -0.370 e. The molecule has 1 aromatic carbocycles. The SMILES string of the molecule is CN(C)C(=O)C1CN(c2ccc(C#N)c(C(F)(F)F)c2)CC12CCN(C(=O)CC1CCCC1)CC2. The van der Waals surface area contributed by atoms with E-state index in [1.54, 1.807) is 25.1 Å². The summed E-state index contributed by atoms with van der Waals surface area (Å²) in [5, 5.41) is 9.13. The van der Waals surface area contributed by atoms with E-state index < -0.39 is 22.7 Å². The zero-order chi connectivity index (χ0) is 25.4. The fourth-order valence-electron chi connectivity index (χ4n) is 6.18. The summed E-state index contributed by atoms with van der Waals surface area (Å²) in [7, 11) is 3.39. The molecule has 190 valence electrons. The number of halogens is 3. The highest BCUT2D eigenvalue weighted by molar-refractivity contribution is 5.81. The van der Waals surface area contributed by atoms with E-state index >= 15 is 0 Å². The van der Waals surface area contributed by atoms with Crippen molar-refractivity contribution in [3.63, 3.8) is 0 Å². The molecule has 4 rings (SSSR count). The van der Waals surface area contributed by atoms with Gasteiger partial charge in [-0.1, -0.05) is 12.8 Å². The molecule has 2 amide bonds. The number of rotatable bonds is 4. The Labute approximate surface area is 204 Å². The molecule has 3 aliphatic rings. The highest BCUT2D eigenvalue weighted by Crippen LogP contribution is 2.47. The average molecular weight is 491 g/mol. The Morgan fingerprint density at radius 2 is 1.83 bits per heavy atom. The van der Waals surface area contributed by atoms with Crippen LogP contribution < -0.4 is 4.90 Å². The monoisotopic (exact) mass is 490 g/mol. The fraction of sp³-hybridized carbons (Fsp3) is 0.654. The number of carbonyl (C=O) groups is 2. The molecule has 1 aliphatic carbocycles. The minimum atomic E-state index is -4.64. The van der Waals surface area contributed by atoms with E-state index in [0.29, 0.717) is 57.0 Å². The van der Waals surface area contributed by atoms with Crippen molar-refractivity contribution in [1.29, 1.82) is 5.26 Å². The second-order valence-electron chi connectivity index (χ2n) is 10.6. The lowest BCUT2D eigenvalue weighted by atomic mass is 9.70. The second kappa shape index (κ2) is 9.71. The Morgan fingerprint density at radius 3 is 2.40 bits per heavy atom. The number of amides is 2. The van der Waals surface area contributed by atoms with Crippen LogP contribution in [0.5, 0.6) is 0 Å². The van der Waals surface area contributed by atoms with E-state index in [2.05, 4.69) is 0 Å². The zero-order valence-electron chi connectivity index (χ0n) is 20.4. The Kier molecular flexibility index (Phi) is 7.03. The maximum Gasteiger partial charge on any atom is 0.417 e. The first kappa shape index (κ1) is 25.3. The lowest BCUT2D eigenvalue weighted by molar-refractivity contribution is -0.139. The largest absolute Gasteiger partial charge is 0.417 e. The van der Waals surface area contributed by atoms with Crippen LogP contribution in [0.15, 0.2) is 18.2 Å². The first-order chi connectivity index (χ1) is 16.5. The normalized spacial score (nSPS) is 22.5. The van der Waals surface area contributed by atoms with Gasteiger partial charge in [0.15, 0.2) is 0 Å². The van der Waals surface area contributed by atoms with Crippen molar-refractivity contribution in [3.05, 3.63) is 29.3 Å². The highest BCUT2D eigenvalue weighted by atomic mass is 19.4. The Bertz CT molecular complexity index is 1000. The molecule has 0 N–H and O–H groups in total. The molecule has 3 fully saturated rings. The number of anilines is 1. The maximum atomic E-state index is 13.6. The third-order valence-corrected chi connectivity index (χ3v) is 8.23. The molecule has 1 atom stereocenters. The van der Waals surface area contributed by atoms with E-state index in [9.17, 15) is 22.8 Å². The molecule has 9 heteroatoms. The highest BCUT2D eigenvalue weighted by Gasteiger charge is 2.52. The second-order valence-corrected chi connectivity index (χ2v) is 10.6. The molecule has 6 nitrogen and oxygen atoms in total. The van der Waals surface area contributed by atoms with Gasteiger partial charge in [-0.3, -0.25) is 9.59 Å². The zero-order valence-corrected chi connectivity index (χ0v) is 20.4. The summed E-state index contributed by atoms with van der Waals surface area (Å²) >= 11 is 0. The molecule has 0 radical (unpaired) electrons. The van der Waals surface area contributed by atoms with Gasteiger partial charge in [0.1, 0.15) is 0 Å². The van der Waals surface area contributed by atoms with Crippen molar-refractivity contribution < 1.29 is 22.8 Å². The van der Waals surface area contributed by atoms with Crippen molar-refractivity contribution in [2.45, 2.75) is 51.1 Å². The van der Waals surface area contributed by atoms with Crippen LogP contribution in [0, 0.1) is 28.6 Å². The third kappa shape index (κ3) is 5.12. The number of piperidine rings is 1. The standard InChI is InChI=1S/C26H33F3N4O2/c1-31(2)24(35)22-16-33(20-8-7-19(15-30)21(14-20)26(27,28)29)17-25(22)9-11-32(12-10-25)23(34)13-18-5-3-4-6-18/h7-8,14,18,22H,3-6,9-13,16-17H2,1-2H3. The first-order valence-electron chi connectivity index (χ1n) is 12.4. The number of benzene rings is 1. The number of alkyl halides is 3. The van der Waals surface area contributed by atoms with Gasteiger partial charge in [-0.2, -0.15) is 18.4 Å². The van der Waals surface area contributed by atoms with Gasteiger partial charge >= 0.3 is 6.18 Å². The summed E-state index contributed by atoms with van der Waals surface area (Å²) in [6, 6.07) is 5.38. The predicted octanol–water partition coefficient (Wildman–Crippen LogP) is 4.29. The summed E-state index contributed by atoms with van der Waals surface area (Å²) < 4.78 is 40.7. The van der Waals surface area contributed by atoms with Crippen LogP contribution >= 0.6 is 0 Å². The molecule has 2 aliphatic heterocycles. The van der Waals surface area contributed by atoms with Crippen LogP contribution in [0.3, 0.4) is 0 Å². The summed E-state index contributed by atoms with van der Waals surface area (Å²) in [4.78, 5) is 31.3. The van der Waals surface area contributed by atoms with Crippen molar-refractivity contribution >= 4 is 17.5 Å². The van der Waals surface area contributed by atoms with Gasteiger partial charge in [0.25, 0.3) is 0 Å². The van der Waals surface area contributed by atoms with Crippen molar-refractivity contribution in [2.75, 3.05) is 45.2 Å². The van der Waals surface area contributed by atoms with Crippen LogP contribution in [0.1, 0.15) is 56.1 Å². The maximum absolute atomic E-state index is 13.6. The quantitative estimate of drug-likeness (QED) is 0.632. The smallest absolute Gasteiger partial charge is 0.370 e. The number of likely N-dealkylation sites (tertiary alicyclic amines) is 1. The van der Waals surface area contributed by atoms with Crippen molar-refractivity contribution in [2.24, 2.45) is 17.3 Å². The van der Waals surface area contributed by atoms with Crippen LogP contribution in [0.25, 0.3) is 0 Å². The predicted molar refractivity (Wildman–Crippen MR) is 125 cm³/mol. The number of hydrogen-bond acceptors (Lipinski definition) is 4. The van der Waals surface area contributed by atoms with Gasteiger partial charge < -0.3 is 14.7 Å². The van der Waals surface area contributed by atoms with Crippen LogP contribution in [0.4, 0.5) is 18.9 Å². The summed E-state index contributed by atoms with van der Waals surface area (Å²) in [6.45, 7) is 1.90. The van der Waals surface area contributed by atoms with Gasteiger partial charge in [0, 0.05) is 57.8 Å².